The van der Waals surface area contributed by atoms with E-state index in [0.717, 1.165) is 25.7 Å². The Labute approximate surface area is 113 Å². The fraction of sp³-hybridized carbons (Fsp3) is 0.438. The molecule has 0 bridgehead atoms. The summed E-state index contributed by atoms with van der Waals surface area (Å²) in [6.07, 6.45) is 6.01. The molecule has 0 aromatic heterocycles. The first-order chi connectivity index (χ1) is 9.15. The number of amides is 1. The summed E-state index contributed by atoms with van der Waals surface area (Å²) in [6, 6.07) is 5.20. The molecule has 102 valence electrons. The Bertz CT molecular complexity index is 478. The first-order valence-electron chi connectivity index (χ1n) is 6.82. The summed E-state index contributed by atoms with van der Waals surface area (Å²) >= 11 is 0. The van der Waals surface area contributed by atoms with Crippen molar-refractivity contribution >= 4 is 5.91 Å². The molecule has 19 heavy (non-hydrogen) atoms. The summed E-state index contributed by atoms with van der Waals surface area (Å²) in [5.41, 5.74) is 0.685. The minimum atomic E-state index is -0.403. The summed E-state index contributed by atoms with van der Waals surface area (Å²) in [7, 11) is 0. The zero-order chi connectivity index (χ0) is 13.8. The Morgan fingerprint density at radius 3 is 2.79 bits per heavy atom. The van der Waals surface area contributed by atoms with Gasteiger partial charge in [0.1, 0.15) is 5.82 Å². The van der Waals surface area contributed by atoms with Crippen LogP contribution in [0.3, 0.4) is 0 Å². The second kappa shape index (κ2) is 6.00. The lowest BCUT2D eigenvalue weighted by atomic mass is 10.1. The smallest absolute Gasteiger partial charge is 0.257 e. The Kier molecular flexibility index (Phi) is 4.35. The molecule has 0 saturated heterocycles. The van der Waals surface area contributed by atoms with Crippen molar-refractivity contribution in [2.75, 3.05) is 6.54 Å². The largest absolute Gasteiger partial charge is 0.332 e. The van der Waals surface area contributed by atoms with Crippen LogP contribution in [-0.2, 0) is 0 Å². The van der Waals surface area contributed by atoms with Crippen LogP contribution in [0.4, 0.5) is 4.39 Å². The molecule has 0 atom stereocenters. The van der Waals surface area contributed by atoms with E-state index in [1.807, 2.05) is 0 Å². The number of nitrogens with zero attached hydrogens (tertiary/aromatic N) is 1. The van der Waals surface area contributed by atoms with E-state index >= 15 is 0 Å². The molecule has 1 aliphatic carbocycles. The molecular formula is C16H20FNO. The number of rotatable bonds is 4. The fourth-order valence-corrected chi connectivity index (χ4v) is 2.72. The number of benzene rings is 1. The normalized spacial score (nSPS) is 15.5. The van der Waals surface area contributed by atoms with Crippen LogP contribution in [0.25, 0.3) is 0 Å². The van der Waals surface area contributed by atoms with Crippen molar-refractivity contribution in [2.45, 2.75) is 38.6 Å². The molecule has 1 fully saturated rings. The minimum Gasteiger partial charge on any atom is -0.332 e. The molecular weight excluding hydrogens is 241 g/mol. The van der Waals surface area contributed by atoms with E-state index in [4.69, 9.17) is 0 Å². The van der Waals surface area contributed by atoms with E-state index in [-0.39, 0.29) is 17.5 Å². The summed E-state index contributed by atoms with van der Waals surface area (Å²) in [4.78, 5) is 14.3. The summed E-state index contributed by atoms with van der Waals surface area (Å²) in [5, 5.41) is 0. The summed E-state index contributed by atoms with van der Waals surface area (Å²) in [6.45, 7) is 5.86. The van der Waals surface area contributed by atoms with Gasteiger partial charge in [-0.3, -0.25) is 4.79 Å². The average Bonchev–Trinajstić information content (AvgIpc) is 2.92. The van der Waals surface area contributed by atoms with Crippen molar-refractivity contribution in [3.8, 4) is 0 Å². The molecule has 2 rings (SSSR count). The number of carbonyl (C=O) groups excluding carboxylic acids is 1. The van der Waals surface area contributed by atoms with E-state index in [2.05, 4.69) is 6.58 Å². The predicted molar refractivity (Wildman–Crippen MR) is 74.6 cm³/mol. The number of hydrogen-bond donors (Lipinski definition) is 0. The van der Waals surface area contributed by atoms with Gasteiger partial charge in [-0.1, -0.05) is 31.1 Å². The van der Waals surface area contributed by atoms with Crippen molar-refractivity contribution in [2.24, 2.45) is 0 Å². The molecule has 0 heterocycles. The van der Waals surface area contributed by atoms with E-state index in [1.54, 1.807) is 36.1 Å². The van der Waals surface area contributed by atoms with Gasteiger partial charge in [0, 0.05) is 12.6 Å². The molecule has 1 aromatic rings. The van der Waals surface area contributed by atoms with Crippen LogP contribution in [0.2, 0.25) is 0 Å². The molecule has 2 nitrogen and oxygen atoms in total. The quantitative estimate of drug-likeness (QED) is 0.757. The molecule has 0 unspecified atom stereocenters. The van der Waals surface area contributed by atoms with Crippen molar-refractivity contribution < 1.29 is 9.18 Å². The zero-order valence-corrected chi connectivity index (χ0v) is 11.4. The van der Waals surface area contributed by atoms with E-state index < -0.39 is 5.82 Å². The van der Waals surface area contributed by atoms with Crippen LogP contribution >= 0.6 is 0 Å². The van der Waals surface area contributed by atoms with Crippen LogP contribution in [-0.4, -0.2) is 23.4 Å². The molecule has 0 N–H and O–H groups in total. The van der Waals surface area contributed by atoms with Gasteiger partial charge in [-0.2, -0.15) is 0 Å². The van der Waals surface area contributed by atoms with Crippen molar-refractivity contribution in [1.29, 1.82) is 0 Å². The van der Waals surface area contributed by atoms with Crippen molar-refractivity contribution in [3.05, 3.63) is 47.8 Å². The van der Waals surface area contributed by atoms with Crippen LogP contribution in [0.5, 0.6) is 0 Å². The number of aryl methyl sites for hydroxylation is 1. The van der Waals surface area contributed by atoms with Gasteiger partial charge in [0.15, 0.2) is 0 Å². The molecule has 0 spiro atoms. The Hall–Kier alpha value is -1.64. The minimum absolute atomic E-state index is 0.175. The van der Waals surface area contributed by atoms with E-state index in [9.17, 15) is 9.18 Å². The molecule has 1 amide bonds. The fourth-order valence-electron chi connectivity index (χ4n) is 2.72. The van der Waals surface area contributed by atoms with Gasteiger partial charge in [0.2, 0.25) is 0 Å². The molecule has 1 saturated carbocycles. The third-order valence-corrected chi connectivity index (χ3v) is 3.77. The number of carbonyl (C=O) groups is 1. The lowest BCUT2D eigenvalue weighted by Crippen LogP contribution is -2.39. The zero-order valence-electron chi connectivity index (χ0n) is 11.4. The Balaban J connectivity index is 2.28. The Morgan fingerprint density at radius 2 is 2.16 bits per heavy atom. The molecule has 1 aromatic carbocycles. The lowest BCUT2D eigenvalue weighted by Gasteiger charge is -2.28. The van der Waals surface area contributed by atoms with Crippen LogP contribution in [0.15, 0.2) is 30.9 Å². The maximum absolute atomic E-state index is 14.1. The standard InChI is InChI=1S/C16H20FNO/c1-3-11-18(13-8-4-5-9-13)16(19)14-10-6-7-12(2)15(14)17/h3,6-7,10,13H,1,4-5,8-9,11H2,2H3. The van der Waals surface area contributed by atoms with Gasteiger partial charge >= 0.3 is 0 Å². The SMILES string of the molecule is C=CCN(C(=O)c1cccc(C)c1F)C1CCCC1. The van der Waals surface area contributed by atoms with Crippen LogP contribution in [0.1, 0.15) is 41.6 Å². The maximum Gasteiger partial charge on any atom is 0.257 e. The van der Waals surface area contributed by atoms with E-state index in [0.29, 0.717) is 12.1 Å². The van der Waals surface area contributed by atoms with Gasteiger partial charge in [-0.05, 0) is 31.4 Å². The van der Waals surface area contributed by atoms with Gasteiger partial charge in [0.05, 0.1) is 5.56 Å². The first kappa shape index (κ1) is 13.8. The van der Waals surface area contributed by atoms with E-state index in [1.165, 1.54) is 0 Å². The number of halogens is 1. The predicted octanol–water partition coefficient (Wildman–Crippen LogP) is 3.70. The third kappa shape index (κ3) is 2.86. The highest BCUT2D eigenvalue weighted by Crippen LogP contribution is 2.25. The van der Waals surface area contributed by atoms with Gasteiger partial charge in [-0.15, -0.1) is 6.58 Å². The first-order valence-corrected chi connectivity index (χ1v) is 6.82. The highest BCUT2D eigenvalue weighted by molar-refractivity contribution is 5.95. The van der Waals surface area contributed by atoms with Gasteiger partial charge < -0.3 is 4.90 Å². The van der Waals surface area contributed by atoms with Gasteiger partial charge in [0.25, 0.3) is 5.91 Å². The Morgan fingerprint density at radius 1 is 1.47 bits per heavy atom. The monoisotopic (exact) mass is 261 g/mol. The maximum atomic E-state index is 14.1. The molecule has 1 aliphatic rings. The van der Waals surface area contributed by atoms with Crippen molar-refractivity contribution in [3.63, 3.8) is 0 Å². The van der Waals surface area contributed by atoms with Crippen molar-refractivity contribution in [1.82, 2.24) is 4.90 Å². The molecule has 0 radical (unpaired) electrons. The topological polar surface area (TPSA) is 20.3 Å². The highest BCUT2D eigenvalue weighted by atomic mass is 19.1. The molecule has 3 heteroatoms. The number of hydrogen-bond acceptors (Lipinski definition) is 1. The highest BCUT2D eigenvalue weighted by Gasteiger charge is 2.28. The molecule has 0 aliphatic heterocycles. The third-order valence-electron chi connectivity index (χ3n) is 3.77. The average molecular weight is 261 g/mol. The van der Waals surface area contributed by atoms with Crippen LogP contribution in [0, 0.1) is 12.7 Å². The lowest BCUT2D eigenvalue weighted by molar-refractivity contribution is 0.0701. The summed E-state index contributed by atoms with van der Waals surface area (Å²) in [5.74, 6) is -0.618. The van der Waals surface area contributed by atoms with Crippen LogP contribution < -0.4 is 0 Å². The second-order valence-corrected chi connectivity index (χ2v) is 5.12. The van der Waals surface area contributed by atoms with Gasteiger partial charge in [-0.25, -0.2) is 4.39 Å². The second-order valence-electron chi connectivity index (χ2n) is 5.12. The summed E-state index contributed by atoms with van der Waals surface area (Å²) < 4.78 is 14.1.